The van der Waals surface area contributed by atoms with Crippen LogP contribution in [0.2, 0.25) is 0 Å². The summed E-state index contributed by atoms with van der Waals surface area (Å²) in [6.07, 6.45) is 1.88. The van der Waals surface area contributed by atoms with Crippen LogP contribution in [0, 0.1) is 5.82 Å². The second-order valence-electron chi connectivity index (χ2n) is 6.85. The van der Waals surface area contributed by atoms with Gasteiger partial charge in [-0.3, -0.25) is 14.5 Å². The summed E-state index contributed by atoms with van der Waals surface area (Å²) in [5.74, 6) is -0.915. The second kappa shape index (κ2) is 12.9. The number of cyclic esters (lactones) is 1. The number of rotatable bonds is 7. The molecular formula is C20H24ClFN4O6S. The van der Waals surface area contributed by atoms with Crippen molar-refractivity contribution < 1.29 is 33.0 Å². The van der Waals surface area contributed by atoms with Gasteiger partial charge in [0.05, 0.1) is 31.6 Å². The molecule has 0 bridgehead atoms. The molecule has 3 rings (SSSR count). The summed E-state index contributed by atoms with van der Waals surface area (Å²) < 4.78 is 28.9. The number of thiocarbonyl (C=S) groups is 1. The number of hydrazone groups is 1. The molecule has 180 valence electrons. The lowest BCUT2D eigenvalue weighted by molar-refractivity contribution is -0.143. The first kappa shape index (κ1) is 26.3. The molecule has 0 saturated carbocycles. The van der Waals surface area contributed by atoms with Gasteiger partial charge in [0.15, 0.2) is 11.7 Å². The molecule has 1 N–H and O–H groups in total. The Balaban J connectivity index is 0.000000414. The van der Waals surface area contributed by atoms with E-state index in [0.29, 0.717) is 48.9 Å². The largest absolute Gasteiger partial charge is 0.490 e. The molecule has 1 saturated heterocycles. The van der Waals surface area contributed by atoms with Gasteiger partial charge in [0.1, 0.15) is 18.3 Å². The minimum Gasteiger partial charge on any atom is -0.490 e. The lowest BCUT2D eigenvalue weighted by Gasteiger charge is -2.24. The zero-order valence-electron chi connectivity index (χ0n) is 18.1. The number of benzene rings is 1. The van der Waals surface area contributed by atoms with Crippen molar-refractivity contribution in [1.29, 1.82) is 0 Å². The molecule has 0 spiro atoms. The highest BCUT2D eigenvalue weighted by Crippen LogP contribution is 2.28. The van der Waals surface area contributed by atoms with Gasteiger partial charge in [0.2, 0.25) is 0 Å². The van der Waals surface area contributed by atoms with Gasteiger partial charge in [-0.05, 0) is 48.4 Å². The molecule has 2 heterocycles. The molecule has 1 atom stereocenters. The van der Waals surface area contributed by atoms with Crippen molar-refractivity contribution in [2.24, 2.45) is 5.10 Å². The van der Waals surface area contributed by atoms with Crippen LogP contribution in [0.15, 0.2) is 23.3 Å². The number of halogens is 2. The van der Waals surface area contributed by atoms with Crippen LogP contribution in [0.5, 0.6) is 0 Å². The van der Waals surface area contributed by atoms with Crippen LogP contribution in [0.1, 0.15) is 19.8 Å². The van der Waals surface area contributed by atoms with E-state index < -0.39 is 23.1 Å². The van der Waals surface area contributed by atoms with Crippen molar-refractivity contribution in [2.75, 3.05) is 43.2 Å². The Hall–Kier alpha value is -2.99. The third-order valence-corrected chi connectivity index (χ3v) is 4.95. The maximum atomic E-state index is 14.5. The summed E-state index contributed by atoms with van der Waals surface area (Å²) in [4.78, 5) is 35.0. The number of ether oxygens (including phenoxy) is 3. The summed E-state index contributed by atoms with van der Waals surface area (Å²) in [6.45, 7) is 2.49. The van der Waals surface area contributed by atoms with Crippen molar-refractivity contribution in [3.63, 3.8) is 0 Å². The number of anilines is 2. The molecule has 10 nitrogen and oxygen atoms in total. The molecule has 13 heteroatoms. The van der Waals surface area contributed by atoms with E-state index in [4.69, 9.17) is 33.3 Å². The molecule has 0 radical (unpaired) electrons. The van der Waals surface area contributed by atoms with E-state index in [9.17, 15) is 18.8 Å². The molecule has 1 amide bonds. The Labute approximate surface area is 200 Å². The quantitative estimate of drug-likeness (QED) is 0.341. The first-order valence-corrected chi connectivity index (χ1v) is 10.7. The molecular weight excluding hydrogens is 479 g/mol. The molecule has 1 fully saturated rings. The molecule has 0 aromatic heterocycles. The van der Waals surface area contributed by atoms with Gasteiger partial charge in [-0.15, -0.1) is 0 Å². The average Bonchev–Trinajstić information content (AvgIpc) is 3.17. The Kier molecular flexibility index (Phi) is 10.3. The number of nitrogens with zero attached hydrogens (tertiary/aromatic N) is 3. The van der Waals surface area contributed by atoms with Crippen molar-refractivity contribution in [1.82, 2.24) is 5.43 Å². The van der Waals surface area contributed by atoms with Crippen LogP contribution in [-0.2, 0) is 23.8 Å². The van der Waals surface area contributed by atoms with E-state index in [0.717, 1.165) is 0 Å². The minimum atomic E-state index is -0.666. The summed E-state index contributed by atoms with van der Waals surface area (Å²) in [6, 6.07) is 4.69. The zero-order chi connectivity index (χ0) is 24.4. The smallest absolute Gasteiger partial charge is 0.414 e. The highest BCUT2D eigenvalue weighted by molar-refractivity contribution is 7.80. The van der Waals surface area contributed by atoms with Gasteiger partial charge in [-0.2, -0.15) is 5.10 Å². The normalized spacial score (nSPS) is 16.8. The number of carbonyl (C=O) groups is 3. The Morgan fingerprint density at radius 3 is 2.73 bits per heavy atom. The van der Waals surface area contributed by atoms with Crippen LogP contribution in [0.25, 0.3) is 0 Å². The van der Waals surface area contributed by atoms with Gasteiger partial charge >= 0.3 is 12.1 Å². The minimum absolute atomic E-state index is 0.288. The van der Waals surface area contributed by atoms with Gasteiger partial charge in [0, 0.05) is 19.9 Å². The van der Waals surface area contributed by atoms with Gasteiger partial charge in [-0.25, -0.2) is 9.18 Å². The van der Waals surface area contributed by atoms with Crippen molar-refractivity contribution >= 4 is 63.9 Å². The molecule has 33 heavy (non-hydrogen) atoms. The summed E-state index contributed by atoms with van der Waals surface area (Å²) in [5, 5.41) is 3.73. The van der Waals surface area contributed by atoms with Gasteiger partial charge in [-0.1, -0.05) is 0 Å². The number of esters is 1. The van der Waals surface area contributed by atoms with Crippen molar-refractivity contribution in [3.05, 3.63) is 24.0 Å². The van der Waals surface area contributed by atoms with E-state index in [1.54, 1.807) is 23.4 Å². The van der Waals surface area contributed by atoms with Gasteiger partial charge < -0.3 is 24.5 Å². The fraction of sp³-hybridized carbons (Fsp3) is 0.450. The molecule has 2 aliphatic heterocycles. The van der Waals surface area contributed by atoms with E-state index >= 15 is 0 Å². The van der Waals surface area contributed by atoms with Crippen LogP contribution >= 0.6 is 23.8 Å². The van der Waals surface area contributed by atoms with E-state index in [2.05, 4.69) is 15.3 Å². The van der Waals surface area contributed by atoms with Crippen LogP contribution < -0.4 is 15.2 Å². The topological polar surface area (TPSA) is 110 Å². The van der Waals surface area contributed by atoms with Crippen LogP contribution in [0.3, 0.4) is 0 Å². The van der Waals surface area contributed by atoms with Crippen molar-refractivity contribution in [2.45, 2.75) is 25.9 Å². The third kappa shape index (κ3) is 8.46. The highest BCUT2D eigenvalue weighted by atomic mass is 35.5. The van der Waals surface area contributed by atoms with Gasteiger partial charge in [0.25, 0.3) is 5.24 Å². The zero-order valence-corrected chi connectivity index (χ0v) is 19.7. The Morgan fingerprint density at radius 2 is 2.18 bits per heavy atom. The first-order valence-electron chi connectivity index (χ1n) is 9.90. The maximum Gasteiger partial charge on any atom is 0.414 e. The predicted molar refractivity (Wildman–Crippen MR) is 124 cm³/mol. The number of methoxy groups -OCH3 is 1. The molecule has 2 aliphatic rings. The average molecular weight is 503 g/mol. The standard InChI is InChI=1S/C16H19FN4O3S.C4H5ClO3/c1-23-15(25)5-3-12-9-21(16(22)24-12)11-2-4-14(13(17)8-11)20-7-6-18-19-10-20;1-3(6)8-2-4(5)7/h2,4,8,10,12,18H,3,5-7,9H2,1H3;2H2,1H3/t12-;/m0./s1. The fourth-order valence-corrected chi connectivity index (χ4v) is 3.08. The lowest BCUT2D eigenvalue weighted by atomic mass is 10.2. The van der Waals surface area contributed by atoms with E-state index in [1.165, 1.54) is 25.0 Å². The van der Waals surface area contributed by atoms with Crippen LogP contribution in [-0.4, -0.2) is 68.1 Å². The second-order valence-corrected chi connectivity index (χ2v) is 7.73. The molecule has 0 unspecified atom stereocenters. The third-order valence-electron chi connectivity index (χ3n) is 4.47. The van der Waals surface area contributed by atoms with E-state index in [1.807, 2.05) is 0 Å². The molecule has 1 aromatic carbocycles. The SMILES string of the molecule is CC(=O)OCC(=O)Cl.COC(=S)CC[C@H]1CN(c2ccc(N3C=NNCC3)c(F)c2)C(=O)O1. The summed E-state index contributed by atoms with van der Waals surface area (Å²) in [7, 11) is 1.52. The number of carbonyl (C=O) groups excluding carboxylic acids is 3. The number of nitrogens with one attached hydrogen (secondary N) is 1. The van der Waals surface area contributed by atoms with Crippen molar-refractivity contribution in [3.8, 4) is 0 Å². The number of hydrogen-bond donors (Lipinski definition) is 1. The predicted octanol–water partition coefficient (Wildman–Crippen LogP) is 2.57. The lowest BCUT2D eigenvalue weighted by Crippen LogP contribution is -2.35. The van der Waals surface area contributed by atoms with E-state index in [-0.39, 0.29) is 12.7 Å². The summed E-state index contributed by atoms with van der Waals surface area (Å²) >= 11 is 9.80. The Bertz CT molecular complexity index is 905. The first-order chi connectivity index (χ1) is 15.7. The Morgan fingerprint density at radius 1 is 1.42 bits per heavy atom. The molecule has 0 aliphatic carbocycles. The summed E-state index contributed by atoms with van der Waals surface area (Å²) in [5.41, 5.74) is 3.70. The highest BCUT2D eigenvalue weighted by Gasteiger charge is 2.32. The van der Waals surface area contributed by atoms with Crippen LogP contribution in [0.4, 0.5) is 20.6 Å². The maximum absolute atomic E-state index is 14.5. The number of amides is 1. The fourth-order valence-electron chi connectivity index (χ4n) is 2.90. The number of hydrogen-bond acceptors (Lipinski definition) is 10. The molecule has 1 aromatic rings. The monoisotopic (exact) mass is 502 g/mol.